The Kier molecular flexibility index (Phi) is 4.32. The molecule has 1 aliphatic rings. The first-order chi connectivity index (χ1) is 7.79. The Labute approximate surface area is 101 Å². The number of nitrogens with zero attached hydrogens (tertiary/aromatic N) is 1. The predicted molar refractivity (Wildman–Crippen MR) is 66.7 cm³/mol. The molecule has 1 aromatic heterocycles. The molecular formula is C12H20N2OS. The van der Waals surface area contributed by atoms with E-state index in [0.29, 0.717) is 6.61 Å². The van der Waals surface area contributed by atoms with E-state index in [2.05, 4.69) is 17.2 Å². The van der Waals surface area contributed by atoms with Gasteiger partial charge in [0.05, 0.1) is 12.3 Å². The molecule has 1 heterocycles. The molecule has 1 fully saturated rings. The summed E-state index contributed by atoms with van der Waals surface area (Å²) in [5.41, 5.74) is 1.16. The van der Waals surface area contributed by atoms with Crippen LogP contribution in [0.25, 0.3) is 0 Å². The van der Waals surface area contributed by atoms with Gasteiger partial charge in [0.2, 0.25) is 0 Å². The molecule has 1 N–H and O–H groups in total. The summed E-state index contributed by atoms with van der Waals surface area (Å²) in [4.78, 5) is 5.86. The highest BCUT2D eigenvalue weighted by Gasteiger charge is 2.15. The second-order valence-electron chi connectivity index (χ2n) is 4.41. The minimum atomic E-state index is 0.634. The molecule has 4 heteroatoms. The molecule has 0 amide bonds. The minimum Gasteiger partial charge on any atom is -0.378 e. The number of hydrogen-bond donors (Lipinski definition) is 1. The highest BCUT2D eigenvalue weighted by molar-refractivity contribution is 7.11. The van der Waals surface area contributed by atoms with E-state index >= 15 is 0 Å². The Morgan fingerprint density at radius 2 is 2.19 bits per heavy atom. The van der Waals surface area contributed by atoms with E-state index < -0.39 is 0 Å². The van der Waals surface area contributed by atoms with E-state index in [-0.39, 0.29) is 0 Å². The minimum absolute atomic E-state index is 0.634. The van der Waals surface area contributed by atoms with Crippen molar-refractivity contribution in [3.8, 4) is 0 Å². The molecule has 0 radical (unpaired) electrons. The normalized spacial score (nSPS) is 17.1. The summed E-state index contributed by atoms with van der Waals surface area (Å²) >= 11 is 1.77. The molecule has 0 unspecified atom stereocenters. The van der Waals surface area contributed by atoms with Crippen LogP contribution in [0, 0.1) is 6.92 Å². The van der Waals surface area contributed by atoms with Crippen molar-refractivity contribution >= 4 is 11.3 Å². The molecule has 2 rings (SSSR count). The summed E-state index contributed by atoms with van der Waals surface area (Å²) in [6, 6.07) is 0.729. The van der Waals surface area contributed by atoms with Gasteiger partial charge in [-0.05, 0) is 19.8 Å². The van der Waals surface area contributed by atoms with Gasteiger partial charge < -0.3 is 10.1 Å². The smallest absolute Gasteiger partial charge is 0.119 e. The van der Waals surface area contributed by atoms with Gasteiger partial charge in [-0.3, -0.25) is 0 Å². The Balaban J connectivity index is 1.87. The number of aryl methyl sites for hydroxylation is 1. The number of ether oxygens (including phenoxy) is 1. The molecule has 0 spiro atoms. The van der Waals surface area contributed by atoms with Crippen LogP contribution < -0.4 is 5.32 Å². The lowest BCUT2D eigenvalue weighted by Crippen LogP contribution is -2.25. The molecular weight excluding hydrogens is 220 g/mol. The highest BCUT2D eigenvalue weighted by atomic mass is 32.1. The molecule has 0 bridgehead atoms. The average Bonchev–Trinajstić information content (AvgIpc) is 2.86. The molecule has 3 nitrogen and oxygen atoms in total. The average molecular weight is 240 g/mol. The van der Waals surface area contributed by atoms with Crippen LogP contribution >= 0.6 is 11.3 Å². The maximum Gasteiger partial charge on any atom is 0.119 e. The first kappa shape index (κ1) is 12.0. The van der Waals surface area contributed by atoms with Crippen LogP contribution in [0.3, 0.4) is 0 Å². The lowest BCUT2D eigenvalue weighted by atomic mass is 10.2. The van der Waals surface area contributed by atoms with Crippen molar-refractivity contribution in [1.82, 2.24) is 10.3 Å². The van der Waals surface area contributed by atoms with Gasteiger partial charge in [-0.15, -0.1) is 11.3 Å². The molecule has 1 aliphatic carbocycles. The fourth-order valence-electron chi connectivity index (χ4n) is 2.20. The standard InChI is InChI=1S/C12H20N2OS/c1-9-11(16-12(14-9)8-15-2)7-13-10-5-3-4-6-10/h10,13H,3-8H2,1-2H3. The number of rotatable bonds is 5. The van der Waals surface area contributed by atoms with Crippen molar-refractivity contribution in [3.05, 3.63) is 15.6 Å². The zero-order valence-electron chi connectivity index (χ0n) is 10.1. The Morgan fingerprint density at radius 1 is 1.44 bits per heavy atom. The maximum absolute atomic E-state index is 5.10. The van der Waals surface area contributed by atoms with Gasteiger partial charge in [0.25, 0.3) is 0 Å². The third-order valence-corrected chi connectivity index (χ3v) is 4.24. The van der Waals surface area contributed by atoms with Gasteiger partial charge in [0, 0.05) is 24.6 Å². The summed E-state index contributed by atoms with van der Waals surface area (Å²) in [5.74, 6) is 0. The highest BCUT2D eigenvalue weighted by Crippen LogP contribution is 2.21. The van der Waals surface area contributed by atoms with Crippen LogP contribution in [0.1, 0.15) is 41.3 Å². The van der Waals surface area contributed by atoms with Crippen molar-refractivity contribution in [2.75, 3.05) is 7.11 Å². The number of aromatic nitrogens is 1. The summed E-state index contributed by atoms with van der Waals surface area (Å²) in [6.45, 7) is 3.69. The lowest BCUT2D eigenvalue weighted by molar-refractivity contribution is 0.184. The Bertz CT molecular complexity index is 332. The lowest BCUT2D eigenvalue weighted by Gasteiger charge is -2.10. The summed E-state index contributed by atoms with van der Waals surface area (Å²) in [6.07, 6.45) is 5.44. The van der Waals surface area contributed by atoms with Gasteiger partial charge in [0.15, 0.2) is 0 Å². The number of hydrogen-bond acceptors (Lipinski definition) is 4. The number of nitrogens with one attached hydrogen (secondary N) is 1. The fraction of sp³-hybridized carbons (Fsp3) is 0.750. The second-order valence-corrected chi connectivity index (χ2v) is 5.58. The van der Waals surface area contributed by atoms with Crippen LogP contribution in [-0.2, 0) is 17.9 Å². The summed E-state index contributed by atoms with van der Waals surface area (Å²) in [5, 5.41) is 4.71. The van der Waals surface area contributed by atoms with E-state index in [1.54, 1.807) is 18.4 Å². The van der Waals surface area contributed by atoms with E-state index in [1.165, 1.54) is 30.6 Å². The van der Waals surface area contributed by atoms with E-state index in [1.807, 2.05) is 0 Å². The molecule has 0 atom stereocenters. The molecule has 1 aromatic rings. The van der Waals surface area contributed by atoms with E-state index in [9.17, 15) is 0 Å². The molecule has 0 saturated heterocycles. The number of methoxy groups -OCH3 is 1. The topological polar surface area (TPSA) is 34.1 Å². The fourth-order valence-corrected chi connectivity index (χ4v) is 3.20. The Morgan fingerprint density at radius 3 is 2.88 bits per heavy atom. The van der Waals surface area contributed by atoms with Crippen molar-refractivity contribution in [2.45, 2.75) is 51.8 Å². The molecule has 16 heavy (non-hydrogen) atoms. The van der Waals surface area contributed by atoms with Crippen LogP contribution in [0.4, 0.5) is 0 Å². The van der Waals surface area contributed by atoms with Gasteiger partial charge >= 0.3 is 0 Å². The van der Waals surface area contributed by atoms with Crippen molar-refractivity contribution < 1.29 is 4.74 Å². The quantitative estimate of drug-likeness (QED) is 0.859. The number of thiazole rings is 1. The van der Waals surface area contributed by atoms with E-state index in [4.69, 9.17) is 4.74 Å². The predicted octanol–water partition coefficient (Wildman–Crippen LogP) is 2.63. The van der Waals surface area contributed by atoms with Crippen molar-refractivity contribution in [2.24, 2.45) is 0 Å². The monoisotopic (exact) mass is 240 g/mol. The van der Waals surface area contributed by atoms with Crippen LogP contribution in [0.15, 0.2) is 0 Å². The van der Waals surface area contributed by atoms with Crippen molar-refractivity contribution in [1.29, 1.82) is 0 Å². The first-order valence-electron chi connectivity index (χ1n) is 5.97. The largest absolute Gasteiger partial charge is 0.378 e. The molecule has 0 aliphatic heterocycles. The molecule has 0 aromatic carbocycles. The van der Waals surface area contributed by atoms with Gasteiger partial charge in [-0.2, -0.15) is 0 Å². The Hall–Kier alpha value is -0.450. The summed E-state index contributed by atoms with van der Waals surface area (Å²) in [7, 11) is 1.72. The first-order valence-corrected chi connectivity index (χ1v) is 6.78. The van der Waals surface area contributed by atoms with Crippen molar-refractivity contribution in [3.63, 3.8) is 0 Å². The van der Waals surface area contributed by atoms with Crippen LogP contribution in [0.5, 0.6) is 0 Å². The van der Waals surface area contributed by atoms with Crippen LogP contribution in [-0.4, -0.2) is 18.1 Å². The van der Waals surface area contributed by atoms with Crippen LogP contribution in [0.2, 0.25) is 0 Å². The zero-order valence-corrected chi connectivity index (χ0v) is 10.9. The summed E-state index contributed by atoms with van der Waals surface area (Å²) < 4.78 is 5.10. The maximum atomic E-state index is 5.10. The molecule has 1 saturated carbocycles. The SMILES string of the molecule is COCc1nc(C)c(CNC2CCCC2)s1. The molecule has 90 valence electrons. The zero-order chi connectivity index (χ0) is 11.4. The third kappa shape index (κ3) is 3.03. The van der Waals surface area contributed by atoms with Gasteiger partial charge in [-0.1, -0.05) is 12.8 Å². The van der Waals surface area contributed by atoms with Gasteiger partial charge in [-0.25, -0.2) is 4.98 Å². The third-order valence-electron chi connectivity index (χ3n) is 3.11. The van der Waals surface area contributed by atoms with Gasteiger partial charge in [0.1, 0.15) is 5.01 Å². The second kappa shape index (κ2) is 5.75. The van der Waals surface area contributed by atoms with E-state index in [0.717, 1.165) is 23.3 Å².